The van der Waals surface area contributed by atoms with E-state index in [0.29, 0.717) is 0 Å². The van der Waals surface area contributed by atoms with Gasteiger partial charge >= 0.3 is 0 Å². The smallest absolute Gasteiger partial charge is 0.0393 e. The van der Waals surface area contributed by atoms with Crippen molar-refractivity contribution in [1.82, 2.24) is 0 Å². The number of nitrogens with zero attached hydrogens (tertiary/aromatic N) is 1. The maximum atomic E-state index is 3.74. The first-order chi connectivity index (χ1) is 3.85. The fraction of sp³-hybridized carbons (Fsp3) is 0.286. The Labute approximate surface area is 50.4 Å². The van der Waals surface area contributed by atoms with E-state index in [0.717, 1.165) is 12.1 Å². The lowest BCUT2D eigenvalue weighted by molar-refractivity contribution is 1.08. The van der Waals surface area contributed by atoms with Crippen molar-refractivity contribution in [2.24, 2.45) is 4.99 Å². The molecule has 1 nitrogen and oxygen atoms in total. The van der Waals surface area contributed by atoms with Gasteiger partial charge < -0.3 is 0 Å². The van der Waals surface area contributed by atoms with Crippen molar-refractivity contribution >= 4 is 6.72 Å². The van der Waals surface area contributed by atoms with Crippen LogP contribution in [0.2, 0.25) is 0 Å². The van der Waals surface area contributed by atoms with Crippen LogP contribution in [0.4, 0.5) is 0 Å². The molecule has 0 rings (SSSR count). The van der Waals surface area contributed by atoms with Crippen LogP contribution in [0.3, 0.4) is 0 Å². The lowest BCUT2D eigenvalue weighted by atomic mass is 10.3. The minimum absolute atomic E-state index is 0.926. The summed E-state index contributed by atoms with van der Waals surface area (Å²) in [7, 11) is 0. The van der Waals surface area contributed by atoms with E-state index in [9.17, 15) is 0 Å². The van der Waals surface area contributed by atoms with E-state index < -0.39 is 0 Å². The molecule has 0 heterocycles. The fourth-order valence-electron chi connectivity index (χ4n) is 0.418. The van der Waals surface area contributed by atoms with E-state index >= 15 is 0 Å². The van der Waals surface area contributed by atoms with E-state index in [1.165, 1.54) is 0 Å². The van der Waals surface area contributed by atoms with Crippen molar-refractivity contribution in [3.63, 3.8) is 0 Å². The first-order valence-corrected chi connectivity index (χ1v) is 2.63. The molecule has 0 spiro atoms. The minimum atomic E-state index is 0.926. The van der Waals surface area contributed by atoms with Gasteiger partial charge in [0.05, 0.1) is 0 Å². The SMILES string of the molecule is C=C/C=C(/CC)N=C. The molecule has 0 radical (unpaired) electrons. The molecule has 0 aromatic rings. The maximum Gasteiger partial charge on any atom is 0.0393 e. The third-order valence-corrected chi connectivity index (χ3v) is 0.876. The first-order valence-electron chi connectivity index (χ1n) is 2.63. The molecule has 0 N–H and O–H groups in total. The Morgan fingerprint density at radius 2 is 2.38 bits per heavy atom. The molecule has 0 aliphatic carbocycles. The average molecular weight is 109 g/mol. The van der Waals surface area contributed by atoms with E-state index in [1.807, 2.05) is 13.0 Å². The number of allylic oxidation sites excluding steroid dienone is 3. The molecule has 0 atom stereocenters. The molecule has 1 heteroatoms. The second-order valence-electron chi connectivity index (χ2n) is 1.41. The monoisotopic (exact) mass is 109 g/mol. The molecule has 0 saturated heterocycles. The Bertz CT molecular complexity index is 112. The second kappa shape index (κ2) is 4.31. The summed E-state index contributed by atoms with van der Waals surface area (Å²) in [5.41, 5.74) is 0.986. The van der Waals surface area contributed by atoms with Gasteiger partial charge in [0, 0.05) is 5.70 Å². The van der Waals surface area contributed by atoms with E-state index in [1.54, 1.807) is 6.08 Å². The Morgan fingerprint density at radius 1 is 1.75 bits per heavy atom. The van der Waals surface area contributed by atoms with Crippen LogP contribution in [0, 0.1) is 0 Å². The summed E-state index contributed by atoms with van der Waals surface area (Å²) >= 11 is 0. The van der Waals surface area contributed by atoms with Gasteiger partial charge in [-0.25, -0.2) is 0 Å². The zero-order chi connectivity index (χ0) is 6.41. The molecule has 0 amide bonds. The topological polar surface area (TPSA) is 12.4 Å². The maximum absolute atomic E-state index is 3.74. The second-order valence-corrected chi connectivity index (χ2v) is 1.41. The van der Waals surface area contributed by atoms with Crippen LogP contribution >= 0.6 is 0 Å². The summed E-state index contributed by atoms with van der Waals surface area (Å²) in [5.74, 6) is 0. The summed E-state index contributed by atoms with van der Waals surface area (Å²) < 4.78 is 0. The quantitative estimate of drug-likeness (QED) is 0.389. The normalized spacial score (nSPS) is 10.9. The molecule has 0 bridgehead atoms. The van der Waals surface area contributed by atoms with Crippen LogP contribution in [0.25, 0.3) is 0 Å². The summed E-state index contributed by atoms with van der Waals surface area (Å²) in [6.45, 7) is 8.95. The number of hydrogen-bond acceptors (Lipinski definition) is 1. The highest BCUT2D eigenvalue weighted by molar-refractivity contribution is 5.29. The molecule has 0 aromatic heterocycles. The van der Waals surface area contributed by atoms with Gasteiger partial charge in [0.2, 0.25) is 0 Å². The number of aliphatic imine (C=N–C) groups is 1. The molecular weight excluding hydrogens is 98.1 g/mol. The van der Waals surface area contributed by atoms with Crippen LogP contribution in [0.1, 0.15) is 13.3 Å². The molecule has 0 aliphatic heterocycles. The summed E-state index contributed by atoms with van der Waals surface area (Å²) in [4.78, 5) is 3.74. The number of hydrogen-bond donors (Lipinski definition) is 0. The third-order valence-electron chi connectivity index (χ3n) is 0.876. The first kappa shape index (κ1) is 7.15. The molecule has 0 saturated carbocycles. The molecule has 0 unspecified atom stereocenters. The molecule has 0 aromatic carbocycles. The van der Waals surface area contributed by atoms with E-state index in [2.05, 4.69) is 18.3 Å². The Morgan fingerprint density at radius 3 is 2.50 bits per heavy atom. The zero-order valence-corrected chi connectivity index (χ0v) is 5.22. The van der Waals surface area contributed by atoms with Crippen LogP contribution in [-0.4, -0.2) is 6.72 Å². The van der Waals surface area contributed by atoms with Crippen LogP contribution in [-0.2, 0) is 0 Å². The lowest BCUT2D eigenvalue weighted by Crippen LogP contribution is -1.69. The van der Waals surface area contributed by atoms with Crippen molar-refractivity contribution in [2.75, 3.05) is 0 Å². The molecule has 8 heavy (non-hydrogen) atoms. The predicted molar refractivity (Wildman–Crippen MR) is 38.1 cm³/mol. The minimum Gasteiger partial charge on any atom is -0.269 e. The van der Waals surface area contributed by atoms with Gasteiger partial charge in [0.1, 0.15) is 0 Å². The predicted octanol–water partition coefficient (Wildman–Crippen LogP) is 2.17. The summed E-state index contributed by atoms with van der Waals surface area (Å²) in [5, 5.41) is 0. The molecular formula is C7H11N. The van der Waals surface area contributed by atoms with Crippen molar-refractivity contribution in [2.45, 2.75) is 13.3 Å². The van der Waals surface area contributed by atoms with Gasteiger partial charge in [-0.2, -0.15) is 0 Å². The van der Waals surface area contributed by atoms with Crippen LogP contribution < -0.4 is 0 Å². The molecule has 0 aliphatic rings. The van der Waals surface area contributed by atoms with E-state index in [4.69, 9.17) is 0 Å². The Kier molecular flexibility index (Phi) is 3.85. The largest absolute Gasteiger partial charge is 0.269 e. The lowest BCUT2D eigenvalue weighted by Gasteiger charge is -1.88. The van der Waals surface area contributed by atoms with E-state index in [-0.39, 0.29) is 0 Å². The van der Waals surface area contributed by atoms with Gasteiger partial charge in [0.25, 0.3) is 0 Å². The van der Waals surface area contributed by atoms with Crippen molar-refractivity contribution in [1.29, 1.82) is 0 Å². The Balaban J connectivity index is 3.84. The van der Waals surface area contributed by atoms with Crippen molar-refractivity contribution in [3.05, 3.63) is 24.4 Å². The van der Waals surface area contributed by atoms with Crippen molar-refractivity contribution in [3.8, 4) is 0 Å². The Hall–Kier alpha value is -0.850. The number of rotatable bonds is 3. The average Bonchev–Trinajstić information content (AvgIpc) is 1.83. The zero-order valence-electron chi connectivity index (χ0n) is 5.22. The van der Waals surface area contributed by atoms with Gasteiger partial charge in [-0.1, -0.05) is 19.6 Å². The fourth-order valence-corrected chi connectivity index (χ4v) is 0.418. The van der Waals surface area contributed by atoms with Gasteiger partial charge in [-0.3, -0.25) is 4.99 Å². The highest BCUT2D eigenvalue weighted by Gasteiger charge is 1.80. The highest BCUT2D eigenvalue weighted by Crippen LogP contribution is 1.99. The molecule has 0 fully saturated rings. The molecule has 44 valence electrons. The van der Waals surface area contributed by atoms with Gasteiger partial charge in [0.15, 0.2) is 0 Å². The van der Waals surface area contributed by atoms with Crippen LogP contribution in [0.15, 0.2) is 29.4 Å². The van der Waals surface area contributed by atoms with Crippen LogP contribution in [0.5, 0.6) is 0 Å². The summed E-state index contributed by atoms with van der Waals surface area (Å²) in [6.07, 6.45) is 4.50. The standard InChI is InChI=1S/C7H11N/c1-4-6-7(5-2)8-3/h4,6H,1,3,5H2,2H3/b7-6-. The van der Waals surface area contributed by atoms with Gasteiger partial charge in [-0.05, 0) is 19.2 Å². The van der Waals surface area contributed by atoms with Crippen molar-refractivity contribution < 1.29 is 0 Å². The summed E-state index contributed by atoms with van der Waals surface area (Å²) in [6, 6.07) is 0. The third kappa shape index (κ3) is 2.35. The van der Waals surface area contributed by atoms with Gasteiger partial charge in [-0.15, -0.1) is 0 Å². The highest BCUT2D eigenvalue weighted by atomic mass is 14.7.